The highest BCUT2D eigenvalue weighted by molar-refractivity contribution is 5.61. The zero-order valence-corrected chi connectivity index (χ0v) is 9.19. The Hall–Kier alpha value is -1.49. The molecular formula is C11H18N4O. The Kier molecular flexibility index (Phi) is 3.14. The van der Waals surface area contributed by atoms with Crippen molar-refractivity contribution in [2.24, 2.45) is 0 Å². The van der Waals surface area contributed by atoms with Gasteiger partial charge in [-0.3, -0.25) is 0 Å². The third-order valence-corrected chi connectivity index (χ3v) is 3.02. The number of nitrogens with two attached hydrogens (primary N) is 2. The summed E-state index contributed by atoms with van der Waals surface area (Å²) in [7, 11) is 0. The van der Waals surface area contributed by atoms with Crippen LogP contribution in [0.1, 0.15) is 25.7 Å². The van der Waals surface area contributed by atoms with Crippen LogP contribution in [0.4, 0.5) is 17.3 Å². The molecule has 2 rings (SSSR count). The Bertz CT molecular complexity index is 369. The maximum absolute atomic E-state index is 9.81. The Balaban J connectivity index is 2.05. The number of nitrogens with zero attached hydrogens (tertiary/aromatic N) is 1. The van der Waals surface area contributed by atoms with E-state index >= 15 is 0 Å². The summed E-state index contributed by atoms with van der Waals surface area (Å²) in [4.78, 5) is 4.13. The minimum atomic E-state index is -0.297. The average Bonchev–Trinajstić information content (AvgIpc) is 2.27. The van der Waals surface area contributed by atoms with E-state index in [0.717, 1.165) is 25.7 Å². The largest absolute Gasteiger partial charge is 0.396 e. The molecule has 5 nitrogen and oxygen atoms in total. The van der Waals surface area contributed by atoms with Gasteiger partial charge in [-0.05, 0) is 25.0 Å². The molecule has 1 aliphatic carbocycles. The van der Waals surface area contributed by atoms with Crippen molar-refractivity contribution in [3.63, 3.8) is 0 Å². The highest BCUT2D eigenvalue weighted by Crippen LogP contribution is 2.22. The summed E-state index contributed by atoms with van der Waals surface area (Å²) in [6.45, 7) is 0. The molecule has 88 valence electrons. The molecule has 2 unspecified atom stereocenters. The molecule has 6 N–H and O–H groups in total. The van der Waals surface area contributed by atoms with Crippen LogP contribution >= 0.6 is 0 Å². The van der Waals surface area contributed by atoms with Crippen LogP contribution in [0.15, 0.2) is 12.1 Å². The van der Waals surface area contributed by atoms with E-state index in [0.29, 0.717) is 17.3 Å². The molecule has 0 amide bonds. The second-order valence-electron chi connectivity index (χ2n) is 4.27. The van der Waals surface area contributed by atoms with E-state index in [2.05, 4.69) is 10.3 Å². The normalized spacial score (nSPS) is 25.3. The van der Waals surface area contributed by atoms with Crippen molar-refractivity contribution in [2.45, 2.75) is 37.8 Å². The molecule has 5 heteroatoms. The van der Waals surface area contributed by atoms with Gasteiger partial charge in [0.1, 0.15) is 11.6 Å². The molecule has 1 heterocycles. The number of rotatable bonds is 2. The summed E-state index contributed by atoms with van der Waals surface area (Å²) in [5, 5.41) is 13.0. The smallest absolute Gasteiger partial charge is 0.149 e. The molecule has 0 saturated heterocycles. The molecule has 0 aromatic carbocycles. The topological polar surface area (TPSA) is 97.2 Å². The fourth-order valence-corrected chi connectivity index (χ4v) is 2.04. The van der Waals surface area contributed by atoms with Gasteiger partial charge >= 0.3 is 0 Å². The first-order valence-corrected chi connectivity index (χ1v) is 5.63. The van der Waals surface area contributed by atoms with Crippen molar-refractivity contribution in [3.05, 3.63) is 12.1 Å². The van der Waals surface area contributed by atoms with Crippen LogP contribution in [0, 0.1) is 0 Å². The van der Waals surface area contributed by atoms with Gasteiger partial charge in [0.15, 0.2) is 0 Å². The Labute approximate surface area is 94.9 Å². The maximum Gasteiger partial charge on any atom is 0.149 e. The predicted molar refractivity (Wildman–Crippen MR) is 64.9 cm³/mol. The molecule has 0 aliphatic heterocycles. The number of hydrogen-bond acceptors (Lipinski definition) is 5. The van der Waals surface area contributed by atoms with Crippen molar-refractivity contribution < 1.29 is 5.11 Å². The molecule has 0 radical (unpaired) electrons. The summed E-state index contributed by atoms with van der Waals surface area (Å²) in [6.07, 6.45) is 3.75. The van der Waals surface area contributed by atoms with E-state index in [-0.39, 0.29) is 12.1 Å². The third kappa shape index (κ3) is 2.36. The van der Waals surface area contributed by atoms with Crippen molar-refractivity contribution in [1.82, 2.24) is 4.98 Å². The van der Waals surface area contributed by atoms with Crippen molar-refractivity contribution in [2.75, 3.05) is 16.8 Å². The number of nitrogens with one attached hydrogen (secondary N) is 1. The number of anilines is 3. The highest BCUT2D eigenvalue weighted by Gasteiger charge is 2.22. The number of pyridine rings is 1. The van der Waals surface area contributed by atoms with E-state index in [1.54, 1.807) is 12.1 Å². The SMILES string of the molecule is Nc1ccc(NC2CCCCC2O)nc1N. The van der Waals surface area contributed by atoms with Crippen molar-refractivity contribution in [3.8, 4) is 0 Å². The molecule has 16 heavy (non-hydrogen) atoms. The number of aliphatic hydroxyl groups excluding tert-OH is 1. The number of aromatic nitrogens is 1. The van der Waals surface area contributed by atoms with Crippen LogP contribution in [0.5, 0.6) is 0 Å². The van der Waals surface area contributed by atoms with Crippen LogP contribution in [-0.2, 0) is 0 Å². The third-order valence-electron chi connectivity index (χ3n) is 3.02. The minimum absolute atomic E-state index is 0.0734. The van der Waals surface area contributed by atoms with E-state index in [1.807, 2.05) is 0 Å². The molecule has 1 fully saturated rings. The van der Waals surface area contributed by atoms with Gasteiger partial charge in [-0.1, -0.05) is 12.8 Å². The Morgan fingerprint density at radius 1 is 1.25 bits per heavy atom. The minimum Gasteiger partial charge on any atom is -0.396 e. The molecule has 1 aliphatic rings. The lowest BCUT2D eigenvalue weighted by Gasteiger charge is -2.28. The standard InChI is InChI=1S/C11H18N4O/c12-7-5-6-10(15-11(7)13)14-8-3-1-2-4-9(8)16/h5-6,8-9,16H,1-4,12H2,(H3,13,14,15). The molecular weight excluding hydrogens is 204 g/mol. The molecule has 1 aromatic rings. The van der Waals surface area contributed by atoms with Crippen LogP contribution in [0.2, 0.25) is 0 Å². The van der Waals surface area contributed by atoms with Crippen molar-refractivity contribution in [1.29, 1.82) is 0 Å². The predicted octanol–water partition coefficient (Wildman–Crippen LogP) is 0.961. The zero-order chi connectivity index (χ0) is 11.5. The summed E-state index contributed by atoms with van der Waals surface area (Å²) in [5.74, 6) is 1.01. The Morgan fingerprint density at radius 3 is 2.69 bits per heavy atom. The van der Waals surface area contributed by atoms with Crippen LogP contribution in [0.25, 0.3) is 0 Å². The van der Waals surface area contributed by atoms with Gasteiger partial charge in [0, 0.05) is 0 Å². The first-order chi connectivity index (χ1) is 7.66. The zero-order valence-electron chi connectivity index (χ0n) is 9.19. The lowest BCUT2D eigenvalue weighted by atomic mass is 9.92. The monoisotopic (exact) mass is 222 g/mol. The van der Waals surface area contributed by atoms with Gasteiger partial charge in [-0.2, -0.15) is 0 Å². The number of nitrogen functional groups attached to an aromatic ring is 2. The first-order valence-electron chi connectivity index (χ1n) is 5.63. The van der Waals surface area contributed by atoms with E-state index < -0.39 is 0 Å². The summed E-state index contributed by atoms with van der Waals surface area (Å²) >= 11 is 0. The molecule has 2 atom stereocenters. The van der Waals surface area contributed by atoms with Gasteiger partial charge in [-0.15, -0.1) is 0 Å². The van der Waals surface area contributed by atoms with Gasteiger partial charge in [-0.25, -0.2) is 4.98 Å². The lowest BCUT2D eigenvalue weighted by molar-refractivity contribution is 0.116. The van der Waals surface area contributed by atoms with Crippen LogP contribution < -0.4 is 16.8 Å². The molecule has 1 saturated carbocycles. The van der Waals surface area contributed by atoms with Gasteiger partial charge < -0.3 is 21.9 Å². The quantitative estimate of drug-likeness (QED) is 0.597. The lowest BCUT2D eigenvalue weighted by Crippen LogP contribution is -2.36. The maximum atomic E-state index is 9.81. The second kappa shape index (κ2) is 4.57. The van der Waals surface area contributed by atoms with Crippen molar-refractivity contribution >= 4 is 17.3 Å². The fraction of sp³-hybridized carbons (Fsp3) is 0.545. The molecule has 1 aromatic heterocycles. The Morgan fingerprint density at radius 2 is 2.00 bits per heavy atom. The van der Waals surface area contributed by atoms with Gasteiger partial charge in [0.05, 0.1) is 17.8 Å². The van der Waals surface area contributed by atoms with Gasteiger partial charge in [0.2, 0.25) is 0 Å². The summed E-state index contributed by atoms with van der Waals surface area (Å²) in [5.41, 5.74) is 11.7. The van der Waals surface area contributed by atoms with Gasteiger partial charge in [0.25, 0.3) is 0 Å². The van der Waals surface area contributed by atoms with Crippen LogP contribution in [0.3, 0.4) is 0 Å². The van der Waals surface area contributed by atoms with E-state index in [4.69, 9.17) is 11.5 Å². The molecule has 0 bridgehead atoms. The summed E-state index contributed by atoms with van der Waals surface area (Å²) in [6, 6.07) is 3.58. The number of aliphatic hydroxyl groups is 1. The summed E-state index contributed by atoms with van der Waals surface area (Å²) < 4.78 is 0. The highest BCUT2D eigenvalue weighted by atomic mass is 16.3. The second-order valence-corrected chi connectivity index (χ2v) is 4.27. The average molecular weight is 222 g/mol. The van der Waals surface area contributed by atoms with Crippen LogP contribution in [-0.4, -0.2) is 22.2 Å². The fourth-order valence-electron chi connectivity index (χ4n) is 2.04. The number of hydrogen-bond donors (Lipinski definition) is 4. The van der Waals surface area contributed by atoms with E-state index in [1.165, 1.54) is 0 Å². The first kappa shape index (κ1) is 11.0. The molecule has 0 spiro atoms. The van der Waals surface area contributed by atoms with E-state index in [9.17, 15) is 5.11 Å².